The van der Waals surface area contributed by atoms with Crippen LogP contribution < -0.4 is 20.3 Å². The number of halogens is 2. The molecule has 0 aromatic heterocycles. The Bertz CT molecular complexity index is 824. The van der Waals surface area contributed by atoms with Crippen molar-refractivity contribution in [3.05, 3.63) is 54.1 Å². The van der Waals surface area contributed by atoms with E-state index in [9.17, 15) is 18.4 Å². The van der Waals surface area contributed by atoms with Crippen molar-refractivity contribution in [3.63, 3.8) is 0 Å². The van der Waals surface area contributed by atoms with Crippen LogP contribution in [0.5, 0.6) is 5.75 Å². The molecule has 26 heavy (non-hydrogen) atoms. The van der Waals surface area contributed by atoms with E-state index in [4.69, 9.17) is 4.74 Å². The lowest BCUT2D eigenvalue weighted by atomic mass is 10.1. The summed E-state index contributed by atoms with van der Waals surface area (Å²) < 4.78 is 32.2. The second-order valence-electron chi connectivity index (χ2n) is 5.78. The third-order valence-corrected chi connectivity index (χ3v) is 3.88. The Morgan fingerprint density at radius 1 is 1.19 bits per heavy atom. The SMILES string of the molecule is CNC(=O)C1CN(CC(=O)Nc2cc(F)cc(F)c2)c2ccccc2O1. The van der Waals surface area contributed by atoms with Crippen molar-refractivity contribution in [2.45, 2.75) is 6.10 Å². The van der Waals surface area contributed by atoms with Crippen LogP contribution in [0.3, 0.4) is 0 Å². The first-order chi connectivity index (χ1) is 12.5. The van der Waals surface area contributed by atoms with Crippen LogP contribution in [-0.2, 0) is 9.59 Å². The number of nitrogens with one attached hydrogen (secondary N) is 2. The molecule has 2 aromatic carbocycles. The summed E-state index contributed by atoms with van der Waals surface area (Å²) in [6, 6.07) is 9.81. The third-order valence-electron chi connectivity index (χ3n) is 3.88. The molecule has 0 saturated heterocycles. The molecule has 3 rings (SSSR count). The fourth-order valence-electron chi connectivity index (χ4n) is 2.75. The molecule has 0 spiro atoms. The summed E-state index contributed by atoms with van der Waals surface area (Å²) in [5.41, 5.74) is 0.685. The number of para-hydroxylation sites is 2. The summed E-state index contributed by atoms with van der Waals surface area (Å²) in [6.07, 6.45) is -0.769. The van der Waals surface area contributed by atoms with E-state index in [0.717, 1.165) is 18.2 Å². The summed E-state index contributed by atoms with van der Waals surface area (Å²) >= 11 is 0. The Labute approximate surface area is 148 Å². The quantitative estimate of drug-likeness (QED) is 0.873. The lowest BCUT2D eigenvalue weighted by Gasteiger charge is -2.34. The van der Waals surface area contributed by atoms with Gasteiger partial charge in [0.15, 0.2) is 6.10 Å². The first-order valence-electron chi connectivity index (χ1n) is 7.94. The standard InChI is InChI=1S/C18H17F2N3O3/c1-21-18(25)16-9-23(14-4-2-3-5-15(14)26-16)10-17(24)22-13-7-11(19)6-12(20)8-13/h2-8,16H,9-10H2,1H3,(H,21,25)(H,22,24). The van der Waals surface area contributed by atoms with Crippen LogP contribution in [0.25, 0.3) is 0 Å². The van der Waals surface area contributed by atoms with Crippen molar-refractivity contribution in [1.29, 1.82) is 0 Å². The molecule has 0 radical (unpaired) electrons. The van der Waals surface area contributed by atoms with Crippen LogP contribution in [0.1, 0.15) is 0 Å². The van der Waals surface area contributed by atoms with Crippen molar-refractivity contribution in [2.75, 3.05) is 30.4 Å². The molecule has 1 aliphatic heterocycles. The van der Waals surface area contributed by atoms with E-state index in [1.165, 1.54) is 7.05 Å². The van der Waals surface area contributed by atoms with Gasteiger partial charge in [-0.2, -0.15) is 0 Å². The minimum atomic E-state index is -0.781. The smallest absolute Gasteiger partial charge is 0.262 e. The van der Waals surface area contributed by atoms with E-state index in [2.05, 4.69) is 10.6 Å². The van der Waals surface area contributed by atoms with Gasteiger partial charge in [0.05, 0.1) is 18.8 Å². The number of nitrogens with zero attached hydrogens (tertiary/aromatic N) is 1. The van der Waals surface area contributed by atoms with Crippen molar-refractivity contribution in [1.82, 2.24) is 5.32 Å². The zero-order valence-electron chi connectivity index (χ0n) is 14.0. The minimum absolute atomic E-state index is 0.0249. The molecule has 0 bridgehead atoms. The Hall–Kier alpha value is -3.16. The van der Waals surface area contributed by atoms with Crippen molar-refractivity contribution in [3.8, 4) is 5.75 Å². The van der Waals surface area contributed by atoms with Gasteiger partial charge in [0, 0.05) is 18.8 Å². The molecule has 2 N–H and O–H groups in total. The maximum Gasteiger partial charge on any atom is 0.262 e. The number of amides is 2. The van der Waals surface area contributed by atoms with Crippen LogP contribution in [0.15, 0.2) is 42.5 Å². The van der Waals surface area contributed by atoms with Crippen LogP contribution in [0.2, 0.25) is 0 Å². The predicted molar refractivity (Wildman–Crippen MR) is 92.1 cm³/mol. The highest BCUT2D eigenvalue weighted by atomic mass is 19.1. The number of fused-ring (bicyclic) bond motifs is 1. The normalized spacial score (nSPS) is 15.7. The summed E-state index contributed by atoms with van der Waals surface area (Å²) in [5.74, 6) is -1.86. The molecule has 2 amide bonds. The topological polar surface area (TPSA) is 70.7 Å². The maximum atomic E-state index is 13.3. The van der Waals surface area contributed by atoms with Gasteiger partial charge in [-0.1, -0.05) is 12.1 Å². The number of rotatable bonds is 4. The van der Waals surface area contributed by atoms with Crippen molar-refractivity contribution < 1.29 is 23.1 Å². The molecule has 0 saturated carbocycles. The van der Waals surface area contributed by atoms with Crippen LogP contribution in [0, 0.1) is 11.6 Å². The highest BCUT2D eigenvalue weighted by Crippen LogP contribution is 2.33. The average molecular weight is 361 g/mol. The number of hydrogen-bond acceptors (Lipinski definition) is 4. The van der Waals surface area contributed by atoms with E-state index < -0.39 is 23.6 Å². The fraction of sp³-hybridized carbons (Fsp3) is 0.222. The molecule has 1 aliphatic rings. The van der Waals surface area contributed by atoms with Crippen LogP contribution >= 0.6 is 0 Å². The molecule has 2 aromatic rings. The first kappa shape index (κ1) is 17.7. The zero-order chi connectivity index (χ0) is 18.7. The number of anilines is 2. The van der Waals surface area contributed by atoms with Gasteiger partial charge in [0.1, 0.15) is 17.4 Å². The van der Waals surface area contributed by atoms with E-state index in [1.54, 1.807) is 29.2 Å². The highest BCUT2D eigenvalue weighted by Gasteiger charge is 2.31. The minimum Gasteiger partial charge on any atom is -0.477 e. The van der Waals surface area contributed by atoms with Gasteiger partial charge in [0.2, 0.25) is 5.91 Å². The molecule has 0 fully saturated rings. The number of carbonyl (C=O) groups excluding carboxylic acids is 2. The van der Waals surface area contributed by atoms with Gasteiger partial charge in [0.25, 0.3) is 5.91 Å². The van der Waals surface area contributed by atoms with Gasteiger partial charge < -0.3 is 20.3 Å². The molecule has 0 aliphatic carbocycles. The van der Waals surface area contributed by atoms with Crippen molar-refractivity contribution in [2.24, 2.45) is 0 Å². The lowest BCUT2D eigenvalue weighted by Crippen LogP contribution is -2.50. The summed E-state index contributed by atoms with van der Waals surface area (Å²) in [5, 5.41) is 4.97. The second kappa shape index (κ2) is 7.38. The van der Waals surface area contributed by atoms with Gasteiger partial charge in [-0.25, -0.2) is 8.78 Å². The number of likely N-dealkylation sites (N-methyl/N-ethyl adjacent to an activating group) is 1. The summed E-state index contributed by atoms with van der Waals surface area (Å²) in [4.78, 5) is 25.9. The van der Waals surface area contributed by atoms with Crippen LogP contribution in [-0.4, -0.2) is 38.1 Å². The second-order valence-corrected chi connectivity index (χ2v) is 5.78. The van der Waals surface area contributed by atoms with Crippen LogP contribution in [0.4, 0.5) is 20.2 Å². The monoisotopic (exact) mass is 361 g/mol. The molecule has 1 unspecified atom stereocenters. The summed E-state index contributed by atoms with van der Waals surface area (Å²) in [7, 11) is 1.50. The van der Waals surface area contributed by atoms with Gasteiger partial charge in [-0.15, -0.1) is 0 Å². The molecule has 1 heterocycles. The zero-order valence-corrected chi connectivity index (χ0v) is 14.0. The molecule has 136 valence electrons. The van der Waals surface area contributed by atoms with E-state index in [1.807, 2.05) is 0 Å². The molecule has 8 heteroatoms. The first-order valence-corrected chi connectivity index (χ1v) is 7.94. The van der Waals surface area contributed by atoms with Crippen molar-refractivity contribution >= 4 is 23.2 Å². The van der Waals surface area contributed by atoms with E-state index in [-0.39, 0.29) is 24.7 Å². The molecule has 1 atom stereocenters. The van der Waals surface area contributed by atoms with Gasteiger partial charge in [-0.3, -0.25) is 9.59 Å². The largest absolute Gasteiger partial charge is 0.477 e. The number of benzene rings is 2. The van der Waals surface area contributed by atoms with Gasteiger partial charge >= 0.3 is 0 Å². The fourth-order valence-corrected chi connectivity index (χ4v) is 2.75. The molecular weight excluding hydrogens is 344 g/mol. The van der Waals surface area contributed by atoms with E-state index >= 15 is 0 Å². The lowest BCUT2D eigenvalue weighted by molar-refractivity contribution is -0.127. The maximum absolute atomic E-state index is 13.3. The summed E-state index contributed by atoms with van der Waals surface area (Å²) in [6.45, 7) is 0.0631. The number of ether oxygens (including phenoxy) is 1. The Balaban J connectivity index is 1.76. The highest BCUT2D eigenvalue weighted by molar-refractivity contribution is 5.95. The number of hydrogen-bond donors (Lipinski definition) is 2. The number of carbonyl (C=O) groups is 2. The Morgan fingerprint density at radius 3 is 2.58 bits per heavy atom. The molecular formula is C18H17F2N3O3. The Kier molecular flexibility index (Phi) is 5.01. The molecule has 6 nitrogen and oxygen atoms in total. The van der Waals surface area contributed by atoms with E-state index in [0.29, 0.717) is 11.4 Å². The average Bonchev–Trinajstić information content (AvgIpc) is 2.59. The predicted octanol–water partition coefficient (Wildman–Crippen LogP) is 1.92. The Morgan fingerprint density at radius 2 is 1.88 bits per heavy atom. The third kappa shape index (κ3) is 3.90. The van der Waals surface area contributed by atoms with Gasteiger partial charge in [-0.05, 0) is 24.3 Å².